The van der Waals surface area contributed by atoms with Gasteiger partial charge in [-0.15, -0.1) is 22.7 Å². The van der Waals surface area contributed by atoms with Gasteiger partial charge in [0.1, 0.15) is 34.3 Å². The van der Waals surface area contributed by atoms with Gasteiger partial charge in [-0.25, -0.2) is 55.1 Å². The average Bonchev–Trinajstić information content (AvgIpc) is 3.91. The van der Waals surface area contributed by atoms with Crippen molar-refractivity contribution in [3.63, 3.8) is 0 Å². The smallest absolute Gasteiger partial charge is 0.256 e. The fourth-order valence-corrected chi connectivity index (χ4v) is 6.90. The molecule has 0 N–H and O–H groups in total. The lowest BCUT2D eigenvalue weighted by molar-refractivity contribution is 0.455. The highest BCUT2D eigenvalue weighted by Gasteiger charge is 2.30. The summed E-state index contributed by atoms with van der Waals surface area (Å²) in [6, 6.07) is 8.64. The largest absolute Gasteiger partial charge is 0.434 e. The quantitative estimate of drug-likeness (QED) is 0.130. The molecule has 0 bridgehead atoms. The summed E-state index contributed by atoms with van der Waals surface area (Å²) in [4.78, 5) is 16.2. The maximum atomic E-state index is 14.6. The van der Waals surface area contributed by atoms with Crippen LogP contribution in [0.3, 0.4) is 0 Å². The minimum Gasteiger partial charge on any atom is -0.434 e. The Morgan fingerprint density at radius 3 is 1.22 bits per heavy atom. The van der Waals surface area contributed by atoms with E-state index in [4.69, 9.17) is 19.4 Å². The summed E-state index contributed by atoms with van der Waals surface area (Å²) in [6.45, 7) is 0. The number of thiazole rings is 2. The number of benzene rings is 4. The predicted molar refractivity (Wildman–Crippen MR) is 161 cm³/mol. The van der Waals surface area contributed by atoms with Crippen LogP contribution in [0.4, 0.5) is 35.1 Å². The van der Waals surface area contributed by atoms with Gasteiger partial charge in [-0.3, -0.25) is 0 Å². The Labute approximate surface area is 278 Å². The zero-order chi connectivity index (χ0) is 35.2. The third-order valence-corrected chi connectivity index (χ3v) is 9.48. The van der Waals surface area contributed by atoms with E-state index >= 15 is 0 Å². The van der Waals surface area contributed by atoms with Gasteiger partial charge in [-0.05, 0) is 35.0 Å². The summed E-state index contributed by atoms with van der Waals surface area (Å²) in [7, 11) is 0. The fourth-order valence-electron chi connectivity index (χ4n) is 5.15. The van der Waals surface area contributed by atoms with Gasteiger partial charge in [0.05, 0.1) is 20.9 Å². The molecular weight excluding hydrogens is 717 g/mol. The summed E-state index contributed by atoms with van der Waals surface area (Å²) in [5, 5.41) is 18.9. The Bertz CT molecular complexity index is 2550. The summed E-state index contributed by atoms with van der Waals surface area (Å²) in [6.07, 6.45) is 1.96. The van der Waals surface area contributed by atoms with Gasteiger partial charge in [0, 0.05) is 12.4 Å². The van der Waals surface area contributed by atoms with Crippen LogP contribution in [0.2, 0.25) is 0 Å². The van der Waals surface area contributed by atoms with Gasteiger partial charge in [0.2, 0.25) is 0 Å². The van der Waals surface area contributed by atoms with E-state index in [9.17, 15) is 35.1 Å². The van der Waals surface area contributed by atoms with Crippen LogP contribution >= 0.6 is 22.7 Å². The molecule has 0 fully saturated rings. The number of aromatic nitrogens is 4. The zero-order valence-corrected chi connectivity index (χ0v) is 25.4. The average molecular weight is 723 g/mol. The standard InChI is InChI=1S/C32H6F8N6O2S2/c33-21-11(5-41)22(34)26(38)19(25(21)37)17-7-43-31(49-17)29-45-13-1-9-3-16-14(2-10(9)4-15(13)47-29)46-30(48-16)32-44-8-18(50-32)20-27(39)23(35)12(6-42)24(36)28(20)40/h1-4,7-8H. The maximum absolute atomic E-state index is 14.6. The van der Waals surface area contributed by atoms with Crippen molar-refractivity contribution in [3.05, 3.63) is 94.3 Å². The molecule has 0 spiro atoms. The van der Waals surface area contributed by atoms with Crippen LogP contribution in [-0.2, 0) is 0 Å². The molecule has 0 atom stereocenters. The second kappa shape index (κ2) is 11.2. The molecule has 4 heterocycles. The first-order valence-corrected chi connectivity index (χ1v) is 15.2. The van der Waals surface area contributed by atoms with E-state index in [1.807, 2.05) is 0 Å². The highest BCUT2D eigenvalue weighted by molar-refractivity contribution is 7.18. The topological polar surface area (TPSA) is 125 Å². The van der Waals surface area contributed by atoms with Crippen LogP contribution in [-0.4, -0.2) is 19.9 Å². The second-order valence-electron chi connectivity index (χ2n) is 10.3. The number of nitrogens with zero attached hydrogens (tertiary/aromatic N) is 6. The van der Waals surface area contributed by atoms with E-state index in [1.54, 1.807) is 24.3 Å². The first-order chi connectivity index (χ1) is 24.0. The molecule has 8 aromatic rings. The van der Waals surface area contributed by atoms with Crippen LogP contribution in [0.25, 0.3) is 75.6 Å². The lowest BCUT2D eigenvalue weighted by Crippen LogP contribution is -2.03. The van der Waals surface area contributed by atoms with E-state index in [0.717, 1.165) is 24.5 Å². The Morgan fingerprint density at radius 2 is 0.880 bits per heavy atom. The van der Waals surface area contributed by atoms with E-state index in [2.05, 4.69) is 19.9 Å². The van der Waals surface area contributed by atoms with Crippen molar-refractivity contribution in [2.45, 2.75) is 0 Å². The van der Waals surface area contributed by atoms with Crippen LogP contribution in [0.5, 0.6) is 0 Å². The summed E-state index contributed by atoms with van der Waals surface area (Å²) in [5.74, 6) is -14.5. The predicted octanol–water partition coefficient (Wildman–Crippen LogP) is 9.56. The van der Waals surface area contributed by atoms with Crippen LogP contribution < -0.4 is 0 Å². The molecule has 0 unspecified atom stereocenters. The lowest BCUT2D eigenvalue weighted by atomic mass is 10.1. The van der Waals surface area contributed by atoms with Crippen molar-refractivity contribution in [2.24, 2.45) is 0 Å². The monoisotopic (exact) mass is 722 g/mol. The van der Waals surface area contributed by atoms with Gasteiger partial charge >= 0.3 is 0 Å². The first-order valence-electron chi connectivity index (χ1n) is 13.6. The molecular formula is C32H6F8N6O2S2. The van der Waals surface area contributed by atoms with Gasteiger partial charge in [-0.2, -0.15) is 10.5 Å². The molecule has 4 aromatic heterocycles. The highest BCUT2D eigenvalue weighted by Crippen LogP contribution is 2.41. The van der Waals surface area contributed by atoms with E-state index in [0.29, 0.717) is 44.5 Å². The van der Waals surface area contributed by atoms with Crippen molar-refractivity contribution in [2.75, 3.05) is 0 Å². The Hall–Kier alpha value is -6.24. The maximum Gasteiger partial charge on any atom is 0.256 e. The van der Waals surface area contributed by atoms with Crippen LogP contribution in [0.15, 0.2) is 45.5 Å². The number of fused-ring (bicyclic) bond motifs is 3. The molecule has 0 amide bonds. The number of oxazole rings is 2. The SMILES string of the molecule is N#Cc1c(F)c(F)c(-c2cnc(-c3nc4cc5cc6oc(-c7ncc(-c8c(F)c(F)c(C#N)c(F)c8F)s7)nc6cc5cc4o3)s2)c(F)c1F. The zero-order valence-electron chi connectivity index (χ0n) is 23.8. The lowest BCUT2D eigenvalue weighted by Gasteiger charge is -2.06. The van der Waals surface area contributed by atoms with Crippen molar-refractivity contribution < 1.29 is 44.0 Å². The molecule has 0 aliphatic carbocycles. The Morgan fingerprint density at radius 1 is 0.520 bits per heavy atom. The molecule has 4 aromatic carbocycles. The number of hydrogen-bond donors (Lipinski definition) is 0. The van der Waals surface area contributed by atoms with E-state index in [-0.39, 0.29) is 42.7 Å². The molecule has 8 rings (SSSR count). The van der Waals surface area contributed by atoms with Crippen LogP contribution in [0.1, 0.15) is 11.1 Å². The molecule has 0 radical (unpaired) electrons. The van der Waals surface area contributed by atoms with Gasteiger partial charge in [-0.1, -0.05) is 0 Å². The van der Waals surface area contributed by atoms with E-state index in [1.165, 1.54) is 0 Å². The highest BCUT2D eigenvalue weighted by atomic mass is 32.1. The third kappa shape index (κ3) is 4.53. The summed E-state index contributed by atoms with van der Waals surface area (Å²) >= 11 is 1.28. The van der Waals surface area contributed by atoms with Crippen molar-refractivity contribution in [1.29, 1.82) is 10.5 Å². The minimum absolute atomic E-state index is 0.0263. The molecule has 0 aliphatic rings. The number of halogens is 8. The molecule has 18 heteroatoms. The van der Waals surface area contributed by atoms with Crippen molar-refractivity contribution in [3.8, 4) is 54.8 Å². The van der Waals surface area contributed by atoms with Gasteiger partial charge < -0.3 is 8.83 Å². The third-order valence-electron chi connectivity index (χ3n) is 7.47. The normalized spacial score (nSPS) is 11.6. The number of hydrogen-bond acceptors (Lipinski definition) is 10. The van der Waals surface area contributed by atoms with Crippen molar-refractivity contribution >= 4 is 55.6 Å². The second-order valence-corrected chi connectivity index (χ2v) is 12.4. The molecule has 0 saturated heterocycles. The first kappa shape index (κ1) is 31.1. The summed E-state index contributed by atoms with van der Waals surface area (Å²) < 4.78 is 127. The molecule has 50 heavy (non-hydrogen) atoms. The van der Waals surface area contributed by atoms with Gasteiger partial charge in [0.15, 0.2) is 67.7 Å². The Kier molecular flexibility index (Phi) is 6.93. The number of rotatable bonds is 4. The van der Waals surface area contributed by atoms with Gasteiger partial charge in [0.25, 0.3) is 11.8 Å². The minimum atomic E-state index is -1.84. The molecule has 8 nitrogen and oxygen atoms in total. The summed E-state index contributed by atoms with van der Waals surface area (Å²) in [5.41, 5.74) is -3.68. The van der Waals surface area contributed by atoms with Crippen molar-refractivity contribution in [1.82, 2.24) is 19.9 Å². The molecule has 0 saturated carbocycles. The Balaban J connectivity index is 1.13. The molecule has 0 aliphatic heterocycles. The van der Waals surface area contributed by atoms with Crippen LogP contribution in [0, 0.1) is 69.2 Å². The molecule has 244 valence electrons. The fraction of sp³-hybridized carbons (Fsp3) is 0. The van der Waals surface area contributed by atoms with E-state index < -0.39 is 68.8 Å². The number of nitriles is 2.